The van der Waals surface area contributed by atoms with Gasteiger partial charge in [0.1, 0.15) is 5.75 Å². The highest BCUT2D eigenvalue weighted by Gasteiger charge is 2.24. The first-order valence-corrected chi connectivity index (χ1v) is 6.07. The zero-order chi connectivity index (χ0) is 13.8. The molecular weight excluding hydrogens is 254 g/mol. The molecule has 1 aromatic carbocycles. The summed E-state index contributed by atoms with van der Waals surface area (Å²) in [5.41, 5.74) is -0.671. The van der Waals surface area contributed by atoms with Gasteiger partial charge in [-0.15, -0.1) is 0 Å². The number of nitrogens with one attached hydrogen (secondary N) is 1. The Hall–Kier alpha value is -1.26. The van der Waals surface area contributed by atoms with E-state index < -0.39 is 11.6 Å². The zero-order valence-electron chi connectivity index (χ0n) is 10.7. The summed E-state index contributed by atoms with van der Waals surface area (Å²) in [6.07, 6.45) is -0.685. The average molecular weight is 272 g/mol. The molecule has 2 N–H and O–H groups in total. The number of ether oxygens (including phenoxy) is 1. The van der Waals surface area contributed by atoms with E-state index in [9.17, 15) is 4.79 Å². The number of carbonyl (C=O) groups excluding carboxylic acids is 1. The number of rotatable bonds is 5. The molecule has 1 amide bonds. The summed E-state index contributed by atoms with van der Waals surface area (Å²) >= 11 is 5.94. The summed E-state index contributed by atoms with van der Waals surface area (Å²) in [7, 11) is 0. The Bertz CT molecular complexity index is 420. The van der Waals surface area contributed by atoms with Gasteiger partial charge in [0.05, 0.1) is 17.2 Å². The highest BCUT2D eigenvalue weighted by molar-refractivity contribution is 6.32. The van der Waals surface area contributed by atoms with Crippen LogP contribution in [0.2, 0.25) is 5.02 Å². The first-order chi connectivity index (χ1) is 8.35. The lowest BCUT2D eigenvalue weighted by molar-refractivity contribution is -0.129. The van der Waals surface area contributed by atoms with E-state index in [1.165, 1.54) is 0 Å². The van der Waals surface area contributed by atoms with Gasteiger partial charge in [-0.2, -0.15) is 0 Å². The summed E-state index contributed by atoms with van der Waals surface area (Å²) in [6, 6.07) is 6.96. The maximum absolute atomic E-state index is 11.8. The molecule has 0 aromatic heterocycles. The van der Waals surface area contributed by atoms with Crippen LogP contribution >= 0.6 is 11.6 Å². The Balaban J connectivity index is 2.63. The van der Waals surface area contributed by atoms with Crippen LogP contribution in [0, 0.1) is 0 Å². The number of benzene rings is 1. The van der Waals surface area contributed by atoms with Crippen molar-refractivity contribution in [3.8, 4) is 5.75 Å². The van der Waals surface area contributed by atoms with Crippen LogP contribution in [0.4, 0.5) is 0 Å². The molecule has 0 saturated carbocycles. The Kier molecular flexibility index (Phi) is 4.99. The predicted molar refractivity (Wildman–Crippen MR) is 70.8 cm³/mol. The van der Waals surface area contributed by atoms with Crippen molar-refractivity contribution in [1.29, 1.82) is 0 Å². The van der Waals surface area contributed by atoms with Gasteiger partial charge in [-0.3, -0.25) is 4.79 Å². The van der Waals surface area contributed by atoms with Crippen molar-refractivity contribution in [3.63, 3.8) is 0 Å². The number of para-hydroxylation sites is 1. The molecule has 0 aliphatic carbocycles. The standard InChI is InChI=1S/C13H18ClNO3/c1-9(12(17)15-13(2,3)8-16)18-11-7-5-4-6-10(11)14/h4-7,9,16H,8H2,1-3H3,(H,15,17). The summed E-state index contributed by atoms with van der Waals surface area (Å²) in [4.78, 5) is 11.8. The fourth-order valence-electron chi connectivity index (χ4n) is 1.26. The van der Waals surface area contributed by atoms with Gasteiger partial charge >= 0.3 is 0 Å². The van der Waals surface area contributed by atoms with Crippen LogP contribution in [0.5, 0.6) is 5.75 Å². The molecule has 100 valence electrons. The molecule has 0 spiro atoms. The SMILES string of the molecule is CC(Oc1ccccc1Cl)C(=O)NC(C)(C)CO. The van der Waals surface area contributed by atoms with Gasteiger partial charge < -0.3 is 15.2 Å². The number of amides is 1. The van der Waals surface area contributed by atoms with E-state index >= 15 is 0 Å². The van der Waals surface area contributed by atoms with Crippen molar-refractivity contribution in [2.45, 2.75) is 32.4 Å². The number of aliphatic hydroxyl groups excluding tert-OH is 1. The lowest BCUT2D eigenvalue weighted by atomic mass is 10.1. The maximum atomic E-state index is 11.8. The Morgan fingerprint density at radius 2 is 2.11 bits per heavy atom. The summed E-state index contributed by atoms with van der Waals surface area (Å²) in [5.74, 6) is 0.164. The van der Waals surface area contributed by atoms with Crippen LogP contribution < -0.4 is 10.1 Å². The van der Waals surface area contributed by atoms with Crippen LogP contribution in [0.25, 0.3) is 0 Å². The summed E-state index contributed by atoms with van der Waals surface area (Å²) in [6.45, 7) is 4.95. The average Bonchev–Trinajstić information content (AvgIpc) is 2.31. The fraction of sp³-hybridized carbons (Fsp3) is 0.462. The number of aliphatic hydroxyl groups is 1. The molecule has 1 aromatic rings. The van der Waals surface area contributed by atoms with Crippen molar-refractivity contribution >= 4 is 17.5 Å². The highest BCUT2D eigenvalue weighted by Crippen LogP contribution is 2.24. The molecule has 4 nitrogen and oxygen atoms in total. The third-order valence-electron chi connectivity index (χ3n) is 2.37. The largest absolute Gasteiger partial charge is 0.479 e. The lowest BCUT2D eigenvalue weighted by Crippen LogP contribution is -2.50. The van der Waals surface area contributed by atoms with Crippen LogP contribution in [0.15, 0.2) is 24.3 Å². The Morgan fingerprint density at radius 3 is 2.67 bits per heavy atom. The van der Waals surface area contributed by atoms with Crippen molar-refractivity contribution < 1.29 is 14.6 Å². The van der Waals surface area contributed by atoms with Gasteiger partial charge in [0.15, 0.2) is 6.10 Å². The number of halogens is 1. The van der Waals surface area contributed by atoms with Crippen molar-refractivity contribution in [2.75, 3.05) is 6.61 Å². The number of carbonyl (C=O) groups is 1. The molecule has 0 aliphatic rings. The van der Waals surface area contributed by atoms with E-state index in [1.54, 1.807) is 45.0 Å². The molecule has 5 heteroatoms. The van der Waals surface area contributed by atoms with Crippen LogP contribution in [-0.4, -0.2) is 29.3 Å². The molecule has 0 heterocycles. The third-order valence-corrected chi connectivity index (χ3v) is 2.68. The normalized spacial score (nSPS) is 12.9. The van der Waals surface area contributed by atoms with Gasteiger partial charge in [-0.1, -0.05) is 23.7 Å². The lowest BCUT2D eigenvalue weighted by Gasteiger charge is -2.25. The predicted octanol–water partition coefficient (Wildman–Crippen LogP) is 1.99. The first-order valence-electron chi connectivity index (χ1n) is 5.70. The molecule has 0 fully saturated rings. The van der Waals surface area contributed by atoms with Gasteiger partial charge in [-0.05, 0) is 32.9 Å². The third kappa shape index (κ3) is 4.20. The van der Waals surface area contributed by atoms with E-state index in [1.807, 2.05) is 0 Å². The minimum atomic E-state index is -0.685. The smallest absolute Gasteiger partial charge is 0.261 e. The second-order valence-corrected chi connectivity index (χ2v) is 5.13. The molecule has 0 aliphatic heterocycles. The highest BCUT2D eigenvalue weighted by atomic mass is 35.5. The minimum absolute atomic E-state index is 0.141. The van der Waals surface area contributed by atoms with Crippen molar-refractivity contribution in [2.24, 2.45) is 0 Å². The second kappa shape index (κ2) is 6.07. The molecule has 1 unspecified atom stereocenters. The fourth-order valence-corrected chi connectivity index (χ4v) is 1.44. The van der Waals surface area contributed by atoms with Gasteiger partial charge in [0.25, 0.3) is 5.91 Å². The molecule has 0 bridgehead atoms. The second-order valence-electron chi connectivity index (χ2n) is 4.72. The van der Waals surface area contributed by atoms with Gasteiger partial charge in [-0.25, -0.2) is 0 Å². The molecular formula is C13H18ClNO3. The molecule has 1 atom stereocenters. The van der Waals surface area contributed by atoms with E-state index in [2.05, 4.69) is 5.32 Å². The van der Waals surface area contributed by atoms with Crippen molar-refractivity contribution in [3.05, 3.63) is 29.3 Å². The molecule has 1 rings (SSSR count). The Morgan fingerprint density at radius 1 is 1.50 bits per heavy atom. The molecule has 0 radical (unpaired) electrons. The molecule has 0 saturated heterocycles. The van der Waals surface area contributed by atoms with Crippen LogP contribution in [0.3, 0.4) is 0 Å². The first kappa shape index (κ1) is 14.8. The molecule has 18 heavy (non-hydrogen) atoms. The van der Waals surface area contributed by atoms with Crippen molar-refractivity contribution in [1.82, 2.24) is 5.32 Å². The van der Waals surface area contributed by atoms with E-state index in [4.69, 9.17) is 21.4 Å². The topological polar surface area (TPSA) is 58.6 Å². The van der Waals surface area contributed by atoms with Crippen LogP contribution in [0.1, 0.15) is 20.8 Å². The van der Waals surface area contributed by atoms with E-state index in [0.29, 0.717) is 10.8 Å². The van der Waals surface area contributed by atoms with Gasteiger partial charge in [0, 0.05) is 0 Å². The number of hydrogen-bond donors (Lipinski definition) is 2. The van der Waals surface area contributed by atoms with E-state index in [-0.39, 0.29) is 12.5 Å². The quantitative estimate of drug-likeness (QED) is 0.861. The zero-order valence-corrected chi connectivity index (χ0v) is 11.5. The van der Waals surface area contributed by atoms with Gasteiger partial charge in [0.2, 0.25) is 0 Å². The summed E-state index contributed by atoms with van der Waals surface area (Å²) in [5, 5.41) is 12.2. The summed E-state index contributed by atoms with van der Waals surface area (Å²) < 4.78 is 5.47. The van der Waals surface area contributed by atoms with E-state index in [0.717, 1.165) is 0 Å². The number of hydrogen-bond acceptors (Lipinski definition) is 3. The Labute approximate surface area is 112 Å². The monoisotopic (exact) mass is 271 g/mol. The minimum Gasteiger partial charge on any atom is -0.479 e. The maximum Gasteiger partial charge on any atom is 0.261 e. The van der Waals surface area contributed by atoms with Crippen LogP contribution in [-0.2, 0) is 4.79 Å².